The summed E-state index contributed by atoms with van der Waals surface area (Å²) in [5.74, 6) is -0.542. The average molecular weight is 534 g/mol. The number of aromatic nitrogens is 1. The van der Waals surface area contributed by atoms with Crippen LogP contribution in [0.4, 0.5) is 5.13 Å². The van der Waals surface area contributed by atoms with E-state index in [2.05, 4.69) is 42.2 Å². The fraction of sp³-hybridized carbons (Fsp3) is 0.0952. The van der Waals surface area contributed by atoms with Crippen LogP contribution in [-0.2, 0) is 6.42 Å². The molecule has 0 aliphatic rings. The predicted molar refractivity (Wildman–Crippen MR) is 123 cm³/mol. The first-order chi connectivity index (χ1) is 13.9. The highest BCUT2D eigenvalue weighted by atomic mass is 79.9. The minimum Gasteiger partial charge on any atom is -0.422 e. The molecule has 0 bridgehead atoms. The Hall–Kier alpha value is -2.29. The smallest absolute Gasteiger partial charge is 0.349 e. The van der Waals surface area contributed by atoms with Crippen LogP contribution in [0.5, 0.6) is 0 Å². The lowest BCUT2D eigenvalue weighted by atomic mass is 10.1. The Morgan fingerprint density at radius 2 is 1.83 bits per heavy atom. The van der Waals surface area contributed by atoms with Crippen molar-refractivity contribution in [2.24, 2.45) is 0 Å². The highest BCUT2D eigenvalue weighted by Gasteiger charge is 2.18. The predicted octanol–water partition coefficient (Wildman–Crippen LogP) is 6.26. The van der Waals surface area contributed by atoms with Gasteiger partial charge in [-0.3, -0.25) is 10.1 Å². The van der Waals surface area contributed by atoms with E-state index in [0.29, 0.717) is 16.1 Å². The van der Waals surface area contributed by atoms with Gasteiger partial charge in [0.25, 0.3) is 5.91 Å². The van der Waals surface area contributed by atoms with Crippen molar-refractivity contribution in [3.63, 3.8) is 0 Å². The summed E-state index contributed by atoms with van der Waals surface area (Å²) in [7, 11) is 0. The Balaban J connectivity index is 1.67. The van der Waals surface area contributed by atoms with E-state index in [1.54, 1.807) is 18.2 Å². The van der Waals surface area contributed by atoms with Gasteiger partial charge in [0.2, 0.25) is 0 Å². The number of hydrogen-bond donors (Lipinski definition) is 1. The summed E-state index contributed by atoms with van der Waals surface area (Å²) in [6.45, 7) is 2.04. The molecular formula is C21H14Br2N2O3S. The Morgan fingerprint density at radius 3 is 2.55 bits per heavy atom. The Kier molecular flexibility index (Phi) is 5.67. The molecule has 2 aromatic carbocycles. The molecule has 5 nitrogen and oxygen atoms in total. The van der Waals surface area contributed by atoms with Crippen LogP contribution in [0.1, 0.15) is 22.2 Å². The van der Waals surface area contributed by atoms with Gasteiger partial charge in [-0.25, -0.2) is 9.78 Å². The van der Waals surface area contributed by atoms with Crippen LogP contribution in [-0.4, -0.2) is 10.9 Å². The molecule has 0 saturated carbocycles. The zero-order chi connectivity index (χ0) is 20.5. The number of amides is 1. The second kappa shape index (κ2) is 8.22. The molecule has 0 aliphatic carbocycles. The topological polar surface area (TPSA) is 72.2 Å². The lowest BCUT2D eigenvalue weighted by molar-refractivity contribution is 0.102. The van der Waals surface area contributed by atoms with E-state index in [9.17, 15) is 9.59 Å². The van der Waals surface area contributed by atoms with Crippen molar-refractivity contribution in [3.8, 4) is 11.3 Å². The molecule has 4 rings (SSSR count). The monoisotopic (exact) mass is 532 g/mol. The third-order valence-corrected chi connectivity index (χ3v) is 6.43. The molecular weight excluding hydrogens is 520 g/mol. The molecule has 1 amide bonds. The molecule has 0 aliphatic heterocycles. The van der Waals surface area contributed by atoms with Crippen molar-refractivity contribution in [1.82, 2.24) is 4.98 Å². The molecule has 146 valence electrons. The first-order valence-corrected chi connectivity index (χ1v) is 11.1. The highest BCUT2D eigenvalue weighted by molar-refractivity contribution is 9.10. The molecule has 0 unspecified atom stereocenters. The van der Waals surface area contributed by atoms with E-state index in [0.717, 1.165) is 31.5 Å². The number of carbonyl (C=O) groups is 1. The van der Waals surface area contributed by atoms with Gasteiger partial charge in [-0.1, -0.05) is 50.9 Å². The minimum atomic E-state index is -0.683. The van der Waals surface area contributed by atoms with Gasteiger partial charge in [0.15, 0.2) is 5.13 Å². The normalized spacial score (nSPS) is 11.0. The third-order valence-electron chi connectivity index (χ3n) is 4.30. The number of benzene rings is 2. The summed E-state index contributed by atoms with van der Waals surface area (Å²) in [6, 6.07) is 14.6. The number of hydrogen-bond acceptors (Lipinski definition) is 5. The van der Waals surface area contributed by atoms with Crippen LogP contribution < -0.4 is 10.9 Å². The summed E-state index contributed by atoms with van der Waals surface area (Å²) in [4.78, 5) is 30.6. The molecule has 1 N–H and O–H groups in total. The molecule has 4 aromatic rings. The van der Waals surface area contributed by atoms with Crippen molar-refractivity contribution >= 4 is 65.2 Å². The van der Waals surface area contributed by atoms with Gasteiger partial charge in [-0.2, -0.15) is 0 Å². The molecule has 0 saturated heterocycles. The number of rotatable bonds is 4. The van der Waals surface area contributed by atoms with Crippen molar-refractivity contribution in [2.75, 3.05) is 5.32 Å². The number of carbonyl (C=O) groups excluding carboxylic acids is 1. The largest absolute Gasteiger partial charge is 0.422 e. The lowest BCUT2D eigenvalue weighted by Gasteiger charge is -2.03. The van der Waals surface area contributed by atoms with Gasteiger partial charge < -0.3 is 4.42 Å². The number of aryl methyl sites for hydroxylation is 1. The maximum atomic E-state index is 12.7. The van der Waals surface area contributed by atoms with Gasteiger partial charge in [-0.05, 0) is 42.8 Å². The van der Waals surface area contributed by atoms with Gasteiger partial charge >= 0.3 is 5.63 Å². The molecule has 0 atom stereocenters. The molecule has 0 spiro atoms. The number of fused-ring (bicyclic) bond motifs is 1. The number of nitrogens with one attached hydrogen (secondary N) is 1. The van der Waals surface area contributed by atoms with E-state index >= 15 is 0 Å². The summed E-state index contributed by atoms with van der Waals surface area (Å²) >= 11 is 8.21. The van der Waals surface area contributed by atoms with Gasteiger partial charge in [0, 0.05) is 24.8 Å². The van der Waals surface area contributed by atoms with Crippen molar-refractivity contribution in [2.45, 2.75) is 13.3 Å². The van der Waals surface area contributed by atoms with E-state index in [-0.39, 0.29) is 5.56 Å². The van der Waals surface area contributed by atoms with Crippen LogP contribution in [0.25, 0.3) is 22.2 Å². The SMILES string of the molecule is CCc1sc(NC(=O)c2cc3cc(Br)ccc3oc2=O)nc1-c1ccc(Br)cc1. The Morgan fingerprint density at radius 1 is 1.10 bits per heavy atom. The Bertz CT molecular complexity index is 1280. The van der Waals surface area contributed by atoms with Crippen molar-refractivity contribution in [3.05, 3.63) is 78.3 Å². The fourth-order valence-corrected chi connectivity index (χ4v) is 4.46. The summed E-state index contributed by atoms with van der Waals surface area (Å²) in [5.41, 5.74) is 1.48. The summed E-state index contributed by atoms with van der Waals surface area (Å²) in [5, 5.41) is 3.85. The van der Waals surface area contributed by atoms with E-state index in [4.69, 9.17) is 4.42 Å². The van der Waals surface area contributed by atoms with Crippen LogP contribution in [0, 0.1) is 0 Å². The van der Waals surface area contributed by atoms with Crippen LogP contribution >= 0.6 is 43.2 Å². The van der Waals surface area contributed by atoms with Gasteiger partial charge in [-0.15, -0.1) is 11.3 Å². The average Bonchev–Trinajstić information content (AvgIpc) is 3.11. The molecule has 0 radical (unpaired) electrons. The maximum Gasteiger partial charge on any atom is 0.349 e. The van der Waals surface area contributed by atoms with Crippen molar-refractivity contribution < 1.29 is 9.21 Å². The number of halogens is 2. The Labute approximate surface area is 187 Å². The van der Waals surface area contributed by atoms with E-state index < -0.39 is 11.5 Å². The van der Waals surface area contributed by atoms with E-state index in [1.165, 1.54) is 17.4 Å². The third kappa shape index (κ3) is 4.19. The van der Waals surface area contributed by atoms with Crippen LogP contribution in [0.2, 0.25) is 0 Å². The zero-order valence-corrected chi connectivity index (χ0v) is 19.2. The van der Waals surface area contributed by atoms with Crippen LogP contribution in [0.15, 0.2) is 66.7 Å². The standard InChI is InChI=1S/C21H14Br2N2O3S/c1-2-17-18(11-3-5-13(22)6-4-11)24-21(29-17)25-19(26)15-10-12-9-14(23)7-8-16(12)28-20(15)27/h3-10H,2H2,1H3,(H,24,25,26). The number of nitrogens with zero attached hydrogens (tertiary/aromatic N) is 1. The number of anilines is 1. The molecule has 29 heavy (non-hydrogen) atoms. The minimum absolute atomic E-state index is 0.0611. The zero-order valence-electron chi connectivity index (χ0n) is 15.2. The summed E-state index contributed by atoms with van der Waals surface area (Å²) < 4.78 is 7.09. The first kappa shape index (κ1) is 20.0. The fourth-order valence-electron chi connectivity index (χ4n) is 2.90. The highest BCUT2D eigenvalue weighted by Crippen LogP contribution is 2.32. The molecule has 8 heteroatoms. The lowest BCUT2D eigenvalue weighted by Crippen LogP contribution is -2.20. The molecule has 0 fully saturated rings. The van der Waals surface area contributed by atoms with Gasteiger partial charge in [0.05, 0.1) is 5.69 Å². The molecule has 2 heterocycles. The summed E-state index contributed by atoms with van der Waals surface area (Å²) in [6.07, 6.45) is 0.783. The van der Waals surface area contributed by atoms with Crippen molar-refractivity contribution in [1.29, 1.82) is 0 Å². The van der Waals surface area contributed by atoms with Gasteiger partial charge in [0.1, 0.15) is 11.1 Å². The molecule has 2 aromatic heterocycles. The first-order valence-electron chi connectivity index (χ1n) is 8.75. The van der Waals surface area contributed by atoms with Crippen LogP contribution in [0.3, 0.4) is 0 Å². The maximum absolute atomic E-state index is 12.7. The number of thiazole rings is 1. The second-order valence-electron chi connectivity index (χ2n) is 6.24. The quantitative estimate of drug-likeness (QED) is 0.314. The second-order valence-corrected chi connectivity index (χ2v) is 9.15. The van der Waals surface area contributed by atoms with E-state index in [1.807, 2.05) is 31.2 Å².